The smallest absolute Gasteiger partial charge is 0.292 e. The topological polar surface area (TPSA) is 110 Å². The number of nitro benzene ring substituents is 1. The Morgan fingerprint density at radius 2 is 2.10 bits per heavy atom. The van der Waals surface area contributed by atoms with E-state index in [9.17, 15) is 14.9 Å². The highest BCUT2D eigenvalue weighted by Gasteiger charge is 2.12. The highest BCUT2D eigenvalue weighted by molar-refractivity contribution is 5.85. The number of nitro groups is 1. The average Bonchev–Trinajstić information content (AvgIpc) is 2.38. The quantitative estimate of drug-likeness (QED) is 0.519. The van der Waals surface area contributed by atoms with Crippen molar-refractivity contribution in [3.63, 3.8) is 0 Å². The predicted octanol–water partition coefficient (Wildman–Crippen LogP) is 1.28. The summed E-state index contributed by atoms with van der Waals surface area (Å²) in [5.41, 5.74) is 5.80. The van der Waals surface area contributed by atoms with Crippen molar-refractivity contribution in [1.82, 2.24) is 5.32 Å². The molecule has 8 heteroatoms. The summed E-state index contributed by atoms with van der Waals surface area (Å²) >= 11 is 0. The minimum absolute atomic E-state index is 0. The normalized spacial score (nSPS) is 11.1. The third kappa shape index (κ3) is 5.85. The number of halogens is 1. The summed E-state index contributed by atoms with van der Waals surface area (Å²) in [4.78, 5) is 21.8. The molecule has 1 aromatic carbocycles. The Labute approximate surface area is 123 Å². The van der Waals surface area contributed by atoms with Crippen LogP contribution < -0.4 is 16.4 Å². The molecule has 7 nitrogen and oxygen atoms in total. The van der Waals surface area contributed by atoms with Gasteiger partial charge in [0.2, 0.25) is 5.91 Å². The molecule has 0 radical (unpaired) electrons. The van der Waals surface area contributed by atoms with Crippen molar-refractivity contribution in [1.29, 1.82) is 0 Å². The number of hydrogen-bond acceptors (Lipinski definition) is 5. The second kappa shape index (κ2) is 9.11. The fourth-order valence-corrected chi connectivity index (χ4v) is 1.50. The monoisotopic (exact) mass is 302 g/mol. The molecule has 1 aromatic rings. The maximum atomic E-state index is 11.5. The van der Waals surface area contributed by atoms with Gasteiger partial charge in [0, 0.05) is 31.6 Å². The van der Waals surface area contributed by atoms with E-state index in [1.807, 2.05) is 6.92 Å². The van der Waals surface area contributed by atoms with E-state index in [-0.39, 0.29) is 36.5 Å². The number of hydrogen-bond donors (Lipinski definition) is 3. The minimum atomic E-state index is -0.459. The maximum Gasteiger partial charge on any atom is 0.292 e. The maximum absolute atomic E-state index is 11.5. The van der Waals surface area contributed by atoms with Gasteiger partial charge in [0.05, 0.1) is 4.92 Å². The van der Waals surface area contributed by atoms with Crippen molar-refractivity contribution in [2.45, 2.75) is 19.4 Å². The number of benzene rings is 1. The Bertz CT molecular complexity index is 456. The Morgan fingerprint density at radius 3 is 2.70 bits per heavy atom. The van der Waals surface area contributed by atoms with Crippen LogP contribution in [0.4, 0.5) is 11.4 Å². The van der Waals surface area contributed by atoms with E-state index in [0.717, 1.165) is 0 Å². The third-order valence-corrected chi connectivity index (χ3v) is 2.53. The molecule has 20 heavy (non-hydrogen) atoms. The Hall–Kier alpha value is -1.86. The third-order valence-electron chi connectivity index (χ3n) is 2.53. The first kappa shape index (κ1) is 18.1. The van der Waals surface area contributed by atoms with Gasteiger partial charge in [-0.1, -0.05) is 12.1 Å². The van der Waals surface area contributed by atoms with Crippen molar-refractivity contribution in [2.75, 3.05) is 18.4 Å². The molecule has 0 heterocycles. The predicted molar refractivity (Wildman–Crippen MR) is 80.1 cm³/mol. The molecule has 4 N–H and O–H groups in total. The first-order valence-electron chi connectivity index (χ1n) is 6.01. The minimum Gasteiger partial charge on any atom is -0.379 e. The van der Waals surface area contributed by atoms with E-state index < -0.39 is 4.92 Å². The Kier molecular flexibility index (Phi) is 8.26. The summed E-state index contributed by atoms with van der Waals surface area (Å²) in [6.07, 6.45) is 0.233. The van der Waals surface area contributed by atoms with Crippen molar-refractivity contribution >= 4 is 29.7 Å². The van der Waals surface area contributed by atoms with Crippen LogP contribution in [0.2, 0.25) is 0 Å². The van der Waals surface area contributed by atoms with Crippen LogP contribution in [0, 0.1) is 10.1 Å². The fraction of sp³-hybridized carbons (Fsp3) is 0.417. The molecule has 0 unspecified atom stereocenters. The second-order valence-electron chi connectivity index (χ2n) is 4.16. The van der Waals surface area contributed by atoms with Crippen LogP contribution >= 0.6 is 12.4 Å². The van der Waals surface area contributed by atoms with Crippen LogP contribution in [0.1, 0.15) is 13.3 Å². The molecule has 1 amide bonds. The number of carbonyl (C=O) groups is 1. The molecular formula is C12H19ClN4O3. The van der Waals surface area contributed by atoms with Crippen LogP contribution in [0.5, 0.6) is 0 Å². The molecule has 0 saturated heterocycles. The molecule has 0 aromatic heterocycles. The van der Waals surface area contributed by atoms with E-state index >= 15 is 0 Å². The van der Waals surface area contributed by atoms with Crippen molar-refractivity contribution < 1.29 is 9.72 Å². The van der Waals surface area contributed by atoms with E-state index in [2.05, 4.69) is 10.6 Å². The SMILES string of the molecule is C[C@@H](CN)NC(=O)CCNc1ccccc1[N+](=O)[O-].Cl. The van der Waals surface area contributed by atoms with E-state index in [0.29, 0.717) is 18.8 Å². The number of rotatable bonds is 7. The van der Waals surface area contributed by atoms with Crippen LogP contribution in [0.25, 0.3) is 0 Å². The summed E-state index contributed by atoms with van der Waals surface area (Å²) < 4.78 is 0. The zero-order valence-corrected chi connectivity index (χ0v) is 12.0. The van der Waals surface area contributed by atoms with Gasteiger partial charge in [0.15, 0.2) is 0 Å². The molecule has 0 aliphatic carbocycles. The lowest BCUT2D eigenvalue weighted by Crippen LogP contribution is -2.38. The number of nitrogens with zero attached hydrogens (tertiary/aromatic N) is 1. The molecule has 1 atom stereocenters. The molecule has 0 saturated carbocycles. The zero-order chi connectivity index (χ0) is 14.3. The van der Waals surface area contributed by atoms with Gasteiger partial charge >= 0.3 is 0 Å². The van der Waals surface area contributed by atoms with Crippen molar-refractivity contribution in [3.8, 4) is 0 Å². The van der Waals surface area contributed by atoms with Gasteiger partial charge in [0.25, 0.3) is 5.69 Å². The molecule has 0 fully saturated rings. The first-order chi connectivity index (χ1) is 9.04. The number of para-hydroxylation sites is 2. The summed E-state index contributed by atoms with van der Waals surface area (Å²) in [7, 11) is 0. The van der Waals surface area contributed by atoms with Crippen molar-refractivity contribution in [3.05, 3.63) is 34.4 Å². The lowest BCUT2D eigenvalue weighted by Gasteiger charge is -2.11. The largest absolute Gasteiger partial charge is 0.379 e. The number of nitrogens with two attached hydrogens (primary N) is 1. The van der Waals surface area contributed by atoms with E-state index in [1.54, 1.807) is 18.2 Å². The van der Waals surface area contributed by atoms with Gasteiger partial charge in [-0.15, -0.1) is 12.4 Å². The van der Waals surface area contributed by atoms with Gasteiger partial charge in [-0.3, -0.25) is 14.9 Å². The van der Waals surface area contributed by atoms with Gasteiger partial charge in [0.1, 0.15) is 5.69 Å². The van der Waals surface area contributed by atoms with Crippen LogP contribution in [-0.2, 0) is 4.79 Å². The fourth-order valence-electron chi connectivity index (χ4n) is 1.50. The highest BCUT2D eigenvalue weighted by Crippen LogP contribution is 2.22. The summed E-state index contributed by atoms with van der Waals surface area (Å²) in [6.45, 7) is 2.52. The van der Waals surface area contributed by atoms with Gasteiger partial charge in [-0.25, -0.2) is 0 Å². The average molecular weight is 303 g/mol. The van der Waals surface area contributed by atoms with Crippen LogP contribution in [-0.4, -0.2) is 30.0 Å². The van der Waals surface area contributed by atoms with Crippen LogP contribution in [0.3, 0.4) is 0 Å². The van der Waals surface area contributed by atoms with Gasteiger partial charge < -0.3 is 16.4 Å². The molecule has 1 rings (SSSR count). The summed E-state index contributed by atoms with van der Waals surface area (Å²) in [5, 5.41) is 16.4. The lowest BCUT2D eigenvalue weighted by atomic mass is 10.2. The molecule has 0 spiro atoms. The highest BCUT2D eigenvalue weighted by atomic mass is 35.5. The molecule has 0 bridgehead atoms. The molecule has 0 aliphatic rings. The van der Waals surface area contributed by atoms with E-state index in [1.165, 1.54) is 6.07 Å². The van der Waals surface area contributed by atoms with E-state index in [4.69, 9.17) is 5.73 Å². The number of anilines is 1. The number of amides is 1. The molecule has 0 aliphatic heterocycles. The van der Waals surface area contributed by atoms with Crippen LogP contribution in [0.15, 0.2) is 24.3 Å². The Balaban J connectivity index is 0.00000361. The lowest BCUT2D eigenvalue weighted by molar-refractivity contribution is -0.384. The molecule has 112 valence electrons. The molecular weight excluding hydrogens is 284 g/mol. The first-order valence-corrected chi connectivity index (χ1v) is 6.01. The van der Waals surface area contributed by atoms with Gasteiger partial charge in [-0.2, -0.15) is 0 Å². The zero-order valence-electron chi connectivity index (χ0n) is 11.2. The number of carbonyl (C=O) groups excluding carboxylic acids is 1. The van der Waals surface area contributed by atoms with Crippen molar-refractivity contribution in [2.24, 2.45) is 5.73 Å². The van der Waals surface area contributed by atoms with Gasteiger partial charge in [-0.05, 0) is 13.0 Å². The number of nitrogens with one attached hydrogen (secondary N) is 2. The standard InChI is InChI=1S/C12H18N4O3.ClH/c1-9(8-13)15-12(17)6-7-14-10-4-2-3-5-11(10)16(18)19;/h2-5,9,14H,6-8,13H2,1H3,(H,15,17);1H/t9-;/m0./s1. The summed E-state index contributed by atoms with van der Waals surface area (Å²) in [6, 6.07) is 6.25. The summed E-state index contributed by atoms with van der Waals surface area (Å²) in [5.74, 6) is -0.135. The second-order valence-corrected chi connectivity index (χ2v) is 4.16. The Morgan fingerprint density at radius 1 is 1.45 bits per heavy atom.